The quantitative estimate of drug-likeness (QED) is 0.340. The van der Waals surface area contributed by atoms with Gasteiger partial charge in [0, 0.05) is 28.4 Å². The van der Waals surface area contributed by atoms with E-state index in [1.807, 2.05) is 48.5 Å². The zero-order valence-corrected chi connectivity index (χ0v) is 15.3. The maximum absolute atomic E-state index is 12.3. The van der Waals surface area contributed by atoms with Crippen molar-refractivity contribution in [3.8, 4) is 0 Å². The molecular weight excluding hydrogens is 366 g/mol. The van der Waals surface area contributed by atoms with Crippen LogP contribution in [-0.2, 0) is 0 Å². The Morgan fingerprint density at radius 1 is 0.793 bits per heavy atom. The van der Waals surface area contributed by atoms with Crippen LogP contribution in [0.5, 0.6) is 0 Å². The molecule has 0 fully saturated rings. The van der Waals surface area contributed by atoms with E-state index in [0.717, 1.165) is 16.5 Å². The summed E-state index contributed by atoms with van der Waals surface area (Å²) < 4.78 is 0. The summed E-state index contributed by atoms with van der Waals surface area (Å²) in [5, 5.41) is 19.5. The molecule has 0 saturated heterocycles. The molecule has 0 atom stereocenters. The monoisotopic (exact) mass is 383 g/mol. The van der Waals surface area contributed by atoms with Gasteiger partial charge >= 0.3 is 0 Å². The van der Waals surface area contributed by atoms with Crippen LogP contribution in [0.15, 0.2) is 91.0 Å². The highest BCUT2D eigenvalue weighted by atomic mass is 16.6. The lowest BCUT2D eigenvalue weighted by Gasteiger charge is -2.12. The molecule has 0 heterocycles. The third kappa shape index (κ3) is 3.91. The third-order valence-electron chi connectivity index (χ3n) is 4.55. The Hall–Kier alpha value is -4.19. The summed E-state index contributed by atoms with van der Waals surface area (Å²) in [4.78, 5) is 23.5. The highest BCUT2D eigenvalue weighted by molar-refractivity contribution is 6.04. The van der Waals surface area contributed by atoms with Crippen molar-refractivity contribution in [2.45, 2.75) is 0 Å². The van der Waals surface area contributed by atoms with Crippen molar-refractivity contribution in [1.29, 1.82) is 0 Å². The number of amides is 1. The molecule has 0 radical (unpaired) electrons. The summed E-state index contributed by atoms with van der Waals surface area (Å²) in [6.07, 6.45) is 0. The van der Waals surface area contributed by atoms with E-state index in [1.54, 1.807) is 36.4 Å². The molecule has 0 aliphatic heterocycles. The standard InChI is InChI=1S/C23H17N3O3/c27-23(17-8-2-1-3-9-17)24-18-13-14-21(22(15-18)26(28)29)25-20-12-6-10-16-7-4-5-11-19(16)20/h1-15,25H,(H,24,27). The van der Waals surface area contributed by atoms with Gasteiger partial charge in [0.15, 0.2) is 0 Å². The van der Waals surface area contributed by atoms with Crippen LogP contribution in [0.2, 0.25) is 0 Å². The second-order valence-electron chi connectivity index (χ2n) is 6.46. The minimum atomic E-state index is -0.467. The Labute approximate surface area is 167 Å². The fourth-order valence-electron chi connectivity index (χ4n) is 3.14. The first kappa shape index (κ1) is 18.2. The summed E-state index contributed by atoms with van der Waals surface area (Å²) in [6, 6.07) is 26.8. The van der Waals surface area contributed by atoms with Crippen molar-refractivity contribution in [3.05, 3.63) is 107 Å². The Kier molecular flexibility index (Phi) is 4.90. The van der Waals surface area contributed by atoms with Gasteiger partial charge in [-0.15, -0.1) is 0 Å². The van der Waals surface area contributed by atoms with Gasteiger partial charge in [0.2, 0.25) is 0 Å². The highest BCUT2D eigenvalue weighted by Crippen LogP contribution is 2.33. The minimum Gasteiger partial charge on any atom is -0.349 e. The number of nitrogens with zero attached hydrogens (tertiary/aromatic N) is 1. The van der Waals surface area contributed by atoms with Crippen molar-refractivity contribution in [1.82, 2.24) is 0 Å². The van der Waals surface area contributed by atoms with E-state index in [1.165, 1.54) is 6.07 Å². The summed E-state index contributed by atoms with van der Waals surface area (Å²) in [6.45, 7) is 0. The molecule has 6 heteroatoms. The number of benzene rings is 4. The maximum Gasteiger partial charge on any atom is 0.294 e. The minimum absolute atomic E-state index is 0.121. The molecule has 0 aliphatic carbocycles. The fraction of sp³-hybridized carbons (Fsp3) is 0. The van der Waals surface area contributed by atoms with E-state index in [9.17, 15) is 14.9 Å². The predicted octanol–water partition coefficient (Wildman–Crippen LogP) is 5.74. The van der Waals surface area contributed by atoms with Crippen molar-refractivity contribution in [2.24, 2.45) is 0 Å². The molecule has 1 amide bonds. The predicted molar refractivity (Wildman–Crippen MR) is 115 cm³/mol. The SMILES string of the molecule is O=C(Nc1ccc(Nc2cccc3ccccc23)c([N+](=O)[O-])c1)c1ccccc1. The molecule has 4 rings (SSSR count). The first-order valence-electron chi connectivity index (χ1n) is 9.01. The van der Waals surface area contributed by atoms with Crippen LogP contribution >= 0.6 is 0 Å². The smallest absolute Gasteiger partial charge is 0.294 e. The lowest BCUT2D eigenvalue weighted by atomic mass is 10.1. The Bertz CT molecular complexity index is 1200. The van der Waals surface area contributed by atoms with Gasteiger partial charge in [0.05, 0.1) is 4.92 Å². The van der Waals surface area contributed by atoms with Crippen LogP contribution in [0.25, 0.3) is 10.8 Å². The van der Waals surface area contributed by atoms with Gasteiger partial charge in [0.1, 0.15) is 5.69 Å². The van der Waals surface area contributed by atoms with Gasteiger partial charge in [-0.1, -0.05) is 54.6 Å². The maximum atomic E-state index is 12.3. The van der Waals surface area contributed by atoms with Crippen LogP contribution in [0.3, 0.4) is 0 Å². The number of hydrogen-bond donors (Lipinski definition) is 2. The van der Waals surface area contributed by atoms with E-state index in [2.05, 4.69) is 10.6 Å². The van der Waals surface area contributed by atoms with Crippen LogP contribution in [0.1, 0.15) is 10.4 Å². The second-order valence-corrected chi connectivity index (χ2v) is 6.46. The average molecular weight is 383 g/mol. The van der Waals surface area contributed by atoms with E-state index in [0.29, 0.717) is 16.9 Å². The van der Waals surface area contributed by atoms with E-state index >= 15 is 0 Å². The number of carbonyl (C=O) groups excluding carboxylic acids is 1. The molecule has 0 aliphatic rings. The van der Waals surface area contributed by atoms with Gasteiger partial charge in [-0.3, -0.25) is 14.9 Å². The Balaban J connectivity index is 1.64. The summed E-state index contributed by atoms with van der Waals surface area (Å²) in [7, 11) is 0. The van der Waals surface area contributed by atoms with Crippen molar-refractivity contribution < 1.29 is 9.72 Å². The lowest BCUT2D eigenvalue weighted by Crippen LogP contribution is -2.12. The van der Waals surface area contributed by atoms with Crippen LogP contribution in [0.4, 0.5) is 22.7 Å². The lowest BCUT2D eigenvalue weighted by molar-refractivity contribution is -0.383. The zero-order chi connectivity index (χ0) is 20.2. The molecule has 142 valence electrons. The highest BCUT2D eigenvalue weighted by Gasteiger charge is 2.17. The molecule has 0 bridgehead atoms. The topological polar surface area (TPSA) is 84.3 Å². The summed E-state index contributed by atoms with van der Waals surface area (Å²) in [5.74, 6) is -0.324. The first-order valence-corrected chi connectivity index (χ1v) is 9.01. The molecular formula is C23H17N3O3. The van der Waals surface area contributed by atoms with Gasteiger partial charge in [-0.05, 0) is 35.7 Å². The van der Waals surface area contributed by atoms with Crippen LogP contribution < -0.4 is 10.6 Å². The number of rotatable bonds is 5. The Morgan fingerprint density at radius 3 is 2.31 bits per heavy atom. The average Bonchev–Trinajstić information content (AvgIpc) is 2.75. The van der Waals surface area contributed by atoms with E-state index < -0.39 is 4.92 Å². The molecule has 4 aromatic rings. The van der Waals surface area contributed by atoms with Crippen LogP contribution in [-0.4, -0.2) is 10.8 Å². The molecule has 0 unspecified atom stereocenters. The summed E-state index contributed by atoms with van der Waals surface area (Å²) in [5.41, 5.74) is 1.84. The summed E-state index contributed by atoms with van der Waals surface area (Å²) >= 11 is 0. The molecule has 6 nitrogen and oxygen atoms in total. The number of hydrogen-bond acceptors (Lipinski definition) is 4. The third-order valence-corrected chi connectivity index (χ3v) is 4.55. The molecule has 29 heavy (non-hydrogen) atoms. The number of fused-ring (bicyclic) bond motifs is 1. The van der Waals surface area contributed by atoms with Gasteiger partial charge < -0.3 is 10.6 Å². The zero-order valence-electron chi connectivity index (χ0n) is 15.3. The van der Waals surface area contributed by atoms with Crippen molar-refractivity contribution in [2.75, 3.05) is 10.6 Å². The van der Waals surface area contributed by atoms with Crippen molar-refractivity contribution >= 4 is 39.4 Å². The van der Waals surface area contributed by atoms with Crippen molar-refractivity contribution in [3.63, 3.8) is 0 Å². The number of carbonyl (C=O) groups is 1. The van der Waals surface area contributed by atoms with Gasteiger partial charge in [-0.2, -0.15) is 0 Å². The van der Waals surface area contributed by atoms with Gasteiger partial charge in [0.25, 0.3) is 11.6 Å². The first-order chi connectivity index (χ1) is 14.1. The largest absolute Gasteiger partial charge is 0.349 e. The molecule has 4 aromatic carbocycles. The molecule has 0 aromatic heterocycles. The second kappa shape index (κ2) is 7.82. The molecule has 2 N–H and O–H groups in total. The molecule has 0 spiro atoms. The van der Waals surface area contributed by atoms with Gasteiger partial charge in [-0.25, -0.2) is 0 Å². The number of nitrogens with one attached hydrogen (secondary N) is 2. The van der Waals surface area contributed by atoms with Crippen LogP contribution in [0, 0.1) is 10.1 Å². The van der Waals surface area contributed by atoms with E-state index in [-0.39, 0.29) is 11.6 Å². The number of nitro benzene ring substituents is 1. The molecule has 0 saturated carbocycles. The van der Waals surface area contributed by atoms with E-state index in [4.69, 9.17) is 0 Å². The fourth-order valence-corrected chi connectivity index (χ4v) is 3.14. The number of anilines is 3. The Morgan fingerprint density at radius 2 is 1.52 bits per heavy atom. The number of nitro groups is 1. The normalized spacial score (nSPS) is 10.5.